The van der Waals surface area contributed by atoms with Crippen molar-refractivity contribution < 1.29 is 22.4 Å². The highest BCUT2D eigenvalue weighted by Gasteiger charge is 2.41. The fraction of sp³-hybridized carbons (Fsp3) is 0.417. The molecule has 3 aromatic rings. The minimum Gasteiger partial charge on any atom is -0.411 e. The van der Waals surface area contributed by atoms with Crippen LogP contribution in [-0.4, -0.2) is 29.8 Å². The third kappa shape index (κ3) is 5.47. The Balaban J connectivity index is 1.95. The number of nitrogens with one attached hydrogen (secondary N) is 2. The number of hydrogen-bond donors (Lipinski definition) is 2. The zero-order chi connectivity index (χ0) is 25.6. The molecule has 0 radical (unpaired) electrons. The van der Waals surface area contributed by atoms with Gasteiger partial charge in [0.15, 0.2) is 20.0 Å². The largest absolute Gasteiger partial charge is 0.411 e. The summed E-state index contributed by atoms with van der Waals surface area (Å²) >= 11 is 5.76. The second-order valence-corrected chi connectivity index (χ2v) is 15.6. The fourth-order valence-electron chi connectivity index (χ4n) is 3.47. The zero-order valence-electron chi connectivity index (χ0n) is 20.3. The first-order valence-corrected chi connectivity index (χ1v) is 14.1. The van der Waals surface area contributed by atoms with E-state index in [1.807, 2.05) is 13.8 Å². The van der Waals surface area contributed by atoms with Crippen LogP contribution in [0, 0.1) is 17.5 Å². The molecule has 184 valence electrons. The first-order chi connectivity index (χ1) is 15.5. The molecule has 2 N–H and O–H groups in total. The van der Waals surface area contributed by atoms with Crippen molar-refractivity contribution >= 4 is 42.5 Å². The van der Waals surface area contributed by atoms with Gasteiger partial charge in [0.05, 0.1) is 21.7 Å². The summed E-state index contributed by atoms with van der Waals surface area (Å²) in [5.74, 6) is -3.36. The summed E-state index contributed by atoms with van der Waals surface area (Å²) in [5, 5.41) is 2.33. The molecule has 0 saturated heterocycles. The van der Waals surface area contributed by atoms with Crippen molar-refractivity contribution in [1.29, 1.82) is 0 Å². The van der Waals surface area contributed by atoms with Crippen molar-refractivity contribution in [2.75, 3.05) is 5.32 Å². The van der Waals surface area contributed by atoms with Gasteiger partial charge in [-0.25, -0.2) is 18.2 Å². The number of anilines is 1. The minimum atomic E-state index is -2.11. The Bertz CT molecular complexity index is 1250. The first-order valence-electron chi connectivity index (χ1n) is 10.8. The summed E-state index contributed by atoms with van der Waals surface area (Å²) in [6.07, 6.45) is 0.296. The number of nitrogens with zero attached hydrogens (tertiary/aromatic N) is 1. The molecule has 3 rings (SSSR count). The number of carbonyl (C=O) groups is 1. The van der Waals surface area contributed by atoms with Gasteiger partial charge in [0.2, 0.25) is 0 Å². The molecule has 0 saturated carbocycles. The molecular formula is C24H29ClF3N3O2Si. The van der Waals surface area contributed by atoms with Crippen LogP contribution in [0.2, 0.25) is 23.2 Å². The van der Waals surface area contributed by atoms with Gasteiger partial charge in [-0.05, 0) is 56.2 Å². The van der Waals surface area contributed by atoms with E-state index < -0.39 is 37.3 Å². The van der Waals surface area contributed by atoms with E-state index >= 15 is 0 Å². The Morgan fingerprint density at radius 3 is 2.35 bits per heavy atom. The maximum absolute atomic E-state index is 14.6. The van der Waals surface area contributed by atoms with E-state index in [0.717, 1.165) is 12.1 Å². The molecule has 0 aliphatic carbocycles. The van der Waals surface area contributed by atoms with Gasteiger partial charge in [0.1, 0.15) is 17.2 Å². The number of aromatic amines is 1. The lowest BCUT2D eigenvalue weighted by atomic mass is 10.1. The highest BCUT2D eigenvalue weighted by Crippen LogP contribution is 2.39. The van der Waals surface area contributed by atoms with Crippen LogP contribution in [0.5, 0.6) is 0 Å². The highest BCUT2D eigenvalue weighted by atomic mass is 35.5. The van der Waals surface area contributed by atoms with E-state index in [4.69, 9.17) is 16.0 Å². The maximum atomic E-state index is 14.6. The summed E-state index contributed by atoms with van der Waals surface area (Å²) in [6, 6.07) is 4.44. The quantitative estimate of drug-likeness (QED) is 0.343. The predicted molar refractivity (Wildman–Crippen MR) is 131 cm³/mol. The number of H-pyrrole nitrogens is 1. The molecule has 2 aromatic carbocycles. The molecule has 0 bridgehead atoms. The lowest BCUT2D eigenvalue weighted by Gasteiger charge is -2.42. The number of halogens is 4. The molecule has 34 heavy (non-hydrogen) atoms. The van der Waals surface area contributed by atoms with Gasteiger partial charge in [-0.15, -0.1) is 0 Å². The van der Waals surface area contributed by atoms with Crippen molar-refractivity contribution in [3.8, 4) is 0 Å². The normalized spacial score (nSPS) is 12.9. The van der Waals surface area contributed by atoms with Gasteiger partial charge in [0.25, 0.3) is 5.91 Å². The number of imidazole rings is 1. The van der Waals surface area contributed by atoms with Gasteiger partial charge < -0.3 is 14.7 Å². The minimum absolute atomic E-state index is 0.0120. The van der Waals surface area contributed by atoms with Gasteiger partial charge in [-0.3, -0.25) is 4.79 Å². The van der Waals surface area contributed by atoms with Crippen LogP contribution < -0.4 is 5.32 Å². The summed E-state index contributed by atoms with van der Waals surface area (Å²) in [7, 11) is -2.11. The lowest BCUT2D eigenvalue weighted by Crippen LogP contribution is -2.48. The molecule has 0 unspecified atom stereocenters. The maximum Gasteiger partial charge on any atom is 0.257 e. The lowest BCUT2D eigenvalue weighted by molar-refractivity contribution is 0.0901. The van der Waals surface area contributed by atoms with Gasteiger partial charge >= 0.3 is 0 Å². The van der Waals surface area contributed by atoms with Crippen LogP contribution in [0.3, 0.4) is 0 Å². The van der Waals surface area contributed by atoms with E-state index in [9.17, 15) is 18.0 Å². The van der Waals surface area contributed by atoms with E-state index in [-0.39, 0.29) is 32.3 Å². The molecule has 0 fully saturated rings. The van der Waals surface area contributed by atoms with Crippen molar-refractivity contribution in [2.45, 2.75) is 64.8 Å². The van der Waals surface area contributed by atoms with Crippen LogP contribution in [0.25, 0.3) is 11.0 Å². The summed E-state index contributed by atoms with van der Waals surface area (Å²) in [5.41, 5.74) is -0.795. The molecule has 1 aromatic heterocycles. The number of amides is 1. The van der Waals surface area contributed by atoms with Crippen LogP contribution in [0.1, 0.15) is 50.8 Å². The Labute approximate surface area is 203 Å². The predicted octanol–water partition coefficient (Wildman–Crippen LogP) is 7.23. The molecule has 0 aliphatic rings. The number of aromatic nitrogens is 2. The van der Waals surface area contributed by atoms with Crippen LogP contribution in [0.15, 0.2) is 24.3 Å². The molecule has 10 heteroatoms. The average Bonchev–Trinajstić information content (AvgIpc) is 3.08. The monoisotopic (exact) mass is 511 g/mol. The Hall–Kier alpha value is -2.36. The van der Waals surface area contributed by atoms with E-state index in [2.05, 4.69) is 49.1 Å². The average molecular weight is 512 g/mol. The van der Waals surface area contributed by atoms with Gasteiger partial charge in [0, 0.05) is 12.1 Å². The molecule has 0 spiro atoms. The van der Waals surface area contributed by atoms with Crippen molar-refractivity contribution in [3.05, 3.63) is 58.1 Å². The standard InChI is InChI=1S/C24H29ClF3N3O2Si/c1-23(2,3)34(6,7)33-24(4,5)12-18-30-20-14(11-17(27)19(28)21(20)31-18)22(32)29-13-8-9-16(26)15(25)10-13/h8-11H,12H2,1-7H3,(H,29,32)(H,30,31). The fourth-order valence-corrected chi connectivity index (χ4v) is 5.41. The zero-order valence-corrected chi connectivity index (χ0v) is 22.0. The van der Waals surface area contributed by atoms with E-state index in [1.165, 1.54) is 12.1 Å². The number of hydrogen-bond acceptors (Lipinski definition) is 3. The molecule has 1 amide bonds. The third-order valence-electron chi connectivity index (χ3n) is 6.06. The van der Waals surface area contributed by atoms with E-state index in [1.54, 1.807) is 0 Å². The number of benzene rings is 2. The number of carbonyl (C=O) groups excluding carboxylic acids is 1. The second kappa shape index (κ2) is 9.01. The topological polar surface area (TPSA) is 67.0 Å². The molecule has 0 aliphatic heterocycles. The second-order valence-electron chi connectivity index (χ2n) is 10.5. The van der Waals surface area contributed by atoms with Crippen LogP contribution in [0.4, 0.5) is 18.9 Å². The molecule has 1 heterocycles. The summed E-state index contributed by atoms with van der Waals surface area (Å²) < 4.78 is 48.8. The Morgan fingerprint density at radius 1 is 1.12 bits per heavy atom. The SMILES string of the molecule is CC(C)(Cc1nc2c(F)c(F)cc(C(=O)Nc3ccc(F)c(Cl)c3)c2[nH]1)O[Si](C)(C)C(C)(C)C. The Kier molecular flexibility index (Phi) is 6.96. The smallest absolute Gasteiger partial charge is 0.257 e. The Morgan fingerprint density at radius 2 is 1.76 bits per heavy atom. The first kappa shape index (κ1) is 26.2. The van der Waals surface area contributed by atoms with Gasteiger partial charge in [-0.1, -0.05) is 32.4 Å². The van der Waals surface area contributed by atoms with Crippen molar-refractivity contribution in [3.63, 3.8) is 0 Å². The molecule has 5 nitrogen and oxygen atoms in total. The summed E-state index contributed by atoms with van der Waals surface area (Å²) in [4.78, 5) is 20.1. The van der Waals surface area contributed by atoms with Crippen molar-refractivity contribution in [2.24, 2.45) is 0 Å². The molecule has 0 atom stereocenters. The highest BCUT2D eigenvalue weighted by molar-refractivity contribution is 6.74. The van der Waals surface area contributed by atoms with Crippen LogP contribution >= 0.6 is 11.6 Å². The molecular weight excluding hydrogens is 483 g/mol. The number of rotatable bonds is 6. The van der Waals surface area contributed by atoms with Crippen LogP contribution in [-0.2, 0) is 10.8 Å². The summed E-state index contributed by atoms with van der Waals surface area (Å²) in [6.45, 7) is 14.5. The van der Waals surface area contributed by atoms with E-state index in [0.29, 0.717) is 12.2 Å². The number of fused-ring (bicyclic) bond motifs is 1. The van der Waals surface area contributed by atoms with Gasteiger partial charge in [-0.2, -0.15) is 0 Å². The third-order valence-corrected chi connectivity index (χ3v) is 11.0. The van der Waals surface area contributed by atoms with Crippen molar-refractivity contribution in [1.82, 2.24) is 9.97 Å².